The zero-order valence-electron chi connectivity index (χ0n) is 18.3. The van der Waals surface area contributed by atoms with Crippen LogP contribution in [0.5, 0.6) is 5.75 Å². The first kappa shape index (κ1) is 22.1. The molecule has 0 bridgehead atoms. The molecule has 32 heavy (non-hydrogen) atoms. The second-order valence-corrected chi connectivity index (χ2v) is 8.78. The van der Waals surface area contributed by atoms with Gasteiger partial charge in [0.25, 0.3) is 5.56 Å². The fraction of sp³-hybridized carbons (Fsp3) is 0.455. The molecule has 0 atom stereocenters. The number of anilines is 2. The molecule has 170 valence electrons. The minimum atomic E-state index is -0.513. The number of amides is 1. The van der Waals surface area contributed by atoms with Gasteiger partial charge in [0.15, 0.2) is 10.8 Å². The molecular weight excluding hydrogens is 430 g/mol. The van der Waals surface area contributed by atoms with Crippen molar-refractivity contribution in [1.82, 2.24) is 14.1 Å². The van der Waals surface area contributed by atoms with Gasteiger partial charge >= 0.3 is 5.69 Å². The van der Waals surface area contributed by atoms with Gasteiger partial charge in [0.05, 0.1) is 7.11 Å². The molecule has 1 saturated heterocycles. The number of carbonyl (C=O) groups is 1. The summed E-state index contributed by atoms with van der Waals surface area (Å²) in [5.41, 5.74) is -0.00998. The van der Waals surface area contributed by atoms with E-state index in [1.807, 2.05) is 6.92 Å². The molecule has 0 saturated carbocycles. The van der Waals surface area contributed by atoms with Crippen LogP contribution in [0.1, 0.15) is 32.6 Å². The van der Waals surface area contributed by atoms with Gasteiger partial charge in [-0.1, -0.05) is 24.3 Å². The number of hydrogen-bond acceptors (Lipinski definition) is 7. The summed E-state index contributed by atoms with van der Waals surface area (Å²) >= 11 is 1.30. The number of aromatic nitrogens is 3. The van der Waals surface area contributed by atoms with Crippen LogP contribution in [-0.2, 0) is 17.9 Å². The standard InChI is InChI=1S/C22H27N5O4S/c1-3-10-26-20(29)18-19(24-21(32-18)25-11-5-4-6-12-25)27(22(26)30)14-17(28)23-15-8-7-9-16(13-15)31-2/h7-9,13H,3-6,10-12,14H2,1-2H3,(H,23,28). The van der Waals surface area contributed by atoms with E-state index in [1.54, 1.807) is 31.4 Å². The zero-order valence-corrected chi connectivity index (χ0v) is 19.1. The Hall–Kier alpha value is -3.14. The first-order valence-corrected chi connectivity index (χ1v) is 11.7. The summed E-state index contributed by atoms with van der Waals surface area (Å²) in [6.07, 6.45) is 3.96. The number of piperidine rings is 1. The summed E-state index contributed by atoms with van der Waals surface area (Å²) in [6, 6.07) is 6.99. The number of hydrogen-bond donors (Lipinski definition) is 1. The van der Waals surface area contributed by atoms with Crippen molar-refractivity contribution in [2.24, 2.45) is 0 Å². The largest absolute Gasteiger partial charge is 0.497 e. The Balaban J connectivity index is 1.72. The van der Waals surface area contributed by atoms with Crippen LogP contribution >= 0.6 is 11.3 Å². The van der Waals surface area contributed by atoms with E-state index < -0.39 is 5.69 Å². The molecule has 1 amide bonds. The molecule has 0 unspecified atom stereocenters. The first-order valence-electron chi connectivity index (χ1n) is 10.8. The molecule has 1 N–H and O–H groups in total. The molecule has 4 rings (SSSR count). The third-order valence-electron chi connectivity index (χ3n) is 5.48. The Morgan fingerprint density at radius 1 is 1.19 bits per heavy atom. The molecule has 2 aromatic heterocycles. The maximum atomic E-state index is 13.1. The van der Waals surface area contributed by atoms with E-state index in [2.05, 4.69) is 15.2 Å². The fourth-order valence-electron chi connectivity index (χ4n) is 3.90. The highest BCUT2D eigenvalue weighted by Gasteiger charge is 2.22. The number of fused-ring (bicyclic) bond motifs is 1. The van der Waals surface area contributed by atoms with E-state index >= 15 is 0 Å². The van der Waals surface area contributed by atoms with Gasteiger partial charge in [0.2, 0.25) is 5.91 Å². The minimum Gasteiger partial charge on any atom is -0.497 e. The van der Waals surface area contributed by atoms with Crippen LogP contribution in [0.2, 0.25) is 0 Å². The number of rotatable bonds is 7. The van der Waals surface area contributed by atoms with Gasteiger partial charge in [-0.2, -0.15) is 0 Å². The predicted octanol–water partition coefficient (Wildman–Crippen LogP) is 2.67. The number of methoxy groups -OCH3 is 1. The Morgan fingerprint density at radius 3 is 2.69 bits per heavy atom. The van der Waals surface area contributed by atoms with Gasteiger partial charge in [-0.25, -0.2) is 9.78 Å². The van der Waals surface area contributed by atoms with Gasteiger partial charge in [0, 0.05) is 31.4 Å². The van der Waals surface area contributed by atoms with Crippen LogP contribution in [0.3, 0.4) is 0 Å². The van der Waals surface area contributed by atoms with Crippen molar-refractivity contribution in [3.05, 3.63) is 45.1 Å². The van der Waals surface area contributed by atoms with Crippen molar-refractivity contribution in [1.29, 1.82) is 0 Å². The van der Waals surface area contributed by atoms with E-state index in [1.165, 1.54) is 26.9 Å². The Morgan fingerprint density at radius 2 is 1.97 bits per heavy atom. The lowest BCUT2D eigenvalue weighted by molar-refractivity contribution is -0.116. The molecule has 3 heterocycles. The third kappa shape index (κ3) is 4.40. The summed E-state index contributed by atoms with van der Waals surface area (Å²) in [5, 5.41) is 3.52. The van der Waals surface area contributed by atoms with Crippen molar-refractivity contribution in [3.8, 4) is 5.75 Å². The van der Waals surface area contributed by atoms with E-state index in [0.29, 0.717) is 29.1 Å². The van der Waals surface area contributed by atoms with Crippen molar-refractivity contribution in [2.45, 2.75) is 45.7 Å². The average Bonchev–Trinajstić information content (AvgIpc) is 3.26. The van der Waals surface area contributed by atoms with Gasteiger partial charge in [-0.05, 0) is 37.8 Å². The van der Waals surface area contributed by atoms with Gasteiger partial charge in [-0.3, -0.25) is 18.7 Å². The summed E-state index contributed by atoms with van der Waals surface area (Å²) in [6.45, 7) is 3.72. The van der Waals surface area contributed by atoms with Crippen LogP contribution in [0.4, 0.5) is 10.8 Å². The highest BCUT2D eigenvalue weighted by Crippen LogP contribution is 2.28. The maximum absolute atomic E-state index is 13.1. The molecule has 1 aliphatic rings. The predicted molar refractivity (Wildman–Crippen MR) is 126 cm³/mol. The molecule has 1 fully saturated rings. The number of carbonyl (C=O) groups excluding carboxylic acids is 1. The lowest BCUT2D eigenvalue weighted by Crippen LogP contribution is -2.41. The van der Waals surface area contributed by atoms with Crippen LogP contribution in [0, 0.1) is 0 Å². The zero-order chi connectivity index (χ0) is 22.7. The number of benzene rings is 1. The Kier molecular flexibility index (Phi) is 6.59. The number of nitrogens with zero attached hydrogens (tertiary/aromatic N) is 4. The maximum Gasteiger partial charge on any atom is 0.333 e. The monoisotopic (exact) mass is 457 g/mol. The van der Waals surface area contributed by atoms with Gasteiger partial charge in [-0.15, -0.1) is 0 Å². The van der Waals surface area contributed by atoms with Crippen molar-refractivity contribution >= 4 is 38.4 Å². The molecule has 1 aliphatic heterocycles. The molecule has 10 heteroatoms. The fourth-order valence-corrected chi connectivity index (χ4v) is 4.97. The van der Waals surface area contributed by atoms with Crippen LogP contribution in [-0.4, -0.2) is 40.2 Å². The quantitative estimate of drug-likeness (QED) is 0.586. The molecular formula is C22H27N5O4S. The molecule has 0 aliphatic carbocycles. The normalized spacial score (nSPS) is 14.0. The lowest BCUT2D eigenvalue weighted by Gasteiger charge is -2.25. The van der Waals surface area contributed by atoms with Crippen LogP contribution in [0.25, 0.3) is 10.3 Å². The Labute approximate surface area is 189 Å². The van der Waals surface area contributed by atoms with Gasteiger partial charge in [0.1, 0.15) is 17.0 Å². The molecule has 3 aromatic rings. The molecule has 1 aromatic carbocycles. The van der Waals surface area contributed by atoms with Crippen LogP contribution < -0.4 is 26.2 Å². The summed E-state index contributed by atoms with van der Waals surface area (Å²) in [7, 11) is 1.55. The second kappa shape index (κ2) is 9.56. The van der Waals surface area contributed by atoms with E-state index in [9.17, 15) is 14.4 Å². The van der Waals surface area contributed by atoms with Crippen molar-refractivity contribution < 1.29 is 9.53 Å². The van der Waals surface area contributed by atoms with Gasteiger partial charge < -0.3 is 15.0 Å². The third-order valence-corrected chi connectivity index (χ3v) is 6.58. The minimum absolute atomic E-state index is 0.236. The molecule has 9 nitrogen and oxygen atoms in total. The van der Waals surface area contributed by atoms with E-state index in [-0.39, 0.29) is 23.7 Å². The number of thiazole rings is 1. The highest BCUT2D eigenvalue weighted by molar-refractivity contribution is 7.22. The number of ether oxygens (including phenoxy) is 1. The van der Waals surface area contributed by atoms with Crippen molar-refractivity contribution in [2.75, 3.05) is 30.4 Å². The SMILES string of the molecule is CCCn1c(=O)c2sc(N3CCCCC3)nc2n(CC(=O)Nc2cccc(OC)c2)c1=O. The van der Waals surface area contributed by atoms with E-state index in [0.717, 1.165) is 31.1 Å². The first-order chi connectivity index (χ1) is 15.5. The summed E-state index contributed by atoms with van der Waals surface area (Å²) in [4.78, 5) is 45.8. The number of nitrogens with one attached hydrogen (secondary N) is 1. The molecule has 0 radical (unpaired) electrons. The highest BCUT2D eigenvalue weighted by atomic mass is 32.1. The Bertz CT molecular complexity index is 1240. The summed E-state index contributed by atoms with van der Waals surface area (Å²) in [5.74, 6) is 0.236. The topological polar surface area (TPSA) is 98.5 Å². The smallest absolute Gasteiger partial charge is 0.333 e. The average molecular weight is 458 g/mol. The van der Waals surface area contributed by atoms with Crippen LogP contribution in [0.15, 0.2) is 33.9 Å². The summed E-state index contributed by atoms with van der Waals surface area (Å²) < 4.78 is 8.12. The van der Waals surface area contributed by atoms with E-state index in [4.69, 9.17) is 4.74 Å². The van der Waals surface area contributed by atoms with Crippen molar-refractivity contribution in [3.63, 3.8) is 0 Å². The second-order valence-electron chi connectivity index (χ2n) is 7.80. The molecule has 0 spiro atoms. The lowest BCUT2D eigenvalue weighted by atomic mass is 10.1.